The molecule has 3 atom stereocenters. The third-order valence-corrected chi connectivity index (χ3v) is 7.14. The number of thioether (sulfide) groups is 1. The van der Waals surface area contributed by atoms with E-state index in [0.29, 0.717) is 16.3 Å². The van der Waals surface area contributed by atoms with Crippen molar-refractivity contribution in [2.24, 2.45) is 0 Å². The van der Waals surface area contributed by atoms with Crippen LogP contribution in [0.2, 0.25) is 5.02 Å². The number of nitrogens with one attached hydrogen (secondary N) is 1. The van der Waals surface area contributed by atoms with Gasteiger partial charge >= 0.3 is 0 Å². The number of hydrogen-bond acceptors (Lipinski definition) is 4. The lowest BCUT2D eigenvalue weighted by Gasteiger charge is -2.29. The van der Waals surface area contributed by atoms with Gasteiger partial charge in [-0.3, -0.25) is 9.59 Å². The summed E-state index contributed by atoms with van der Waals surface area (Å²) in [5.74, 6) is 0.260. The van der Waals surface area contributed by atoms with Crippen molar-refractivity contribution in [3.63, 3.8) is 0 Å². The van der Waals surface area contributed by atoms with Crippen LogP contribution in [0.15, 0.2) is 41.8 Å². The van der Waals surface area contributed by atoms with E-state index in [9.17, 15) is 9.59 Å². The van der Waals surface area contributed by atoms with E-state index in [2.05, 4.69) is 5.32 Å². The van der Waals surface area contributed by atoms with E-state index in [0.717, 1.165) is 11.3 Å². The van der Waals surface area contributed by atoms with Crippen molar-refractivity contribution in [2.45, 2.75) is 37.7 Å². The molecule has 0 radical (unpaired) electrons. The van der Waals surface area contributed by atoms with E-state index in [4.69, 9.17) is 11.6 Å². The number of thiophene rings is 1. The highest BCUT2D eigenvalue weighted by Gasteiger charge is 2.43. The van der Waals surface area contributed by atoms with E-state index in [1.807, 2.05) is 31.4 Å². The van der Waals surface area contributed by atoms with Gasteiger partial charge in [0.2, 0.25) is 5.91 Å². The van der Waals surface area contributed by atoms with E-state index in [-0.39, 0.29) is 23.2 Å². The molecule has 2 amide bonds. The Hall–Kier alpha value is -1.50. The van der Waals surface area contributed by atoms with Crippen LogP contribution in [-0.2, 0) is 4.79 Å². The third-order valence-electron chi connectivity index (χ3n) is 4.43. The summed E-state index contributed by atoms with van der Waals surface area (Å²) in [5, 5.41) is 5.23. The van der Waals surface area contributed by atoms with Gasteiger partial charge in [0, 0.05) is 16.7 Å². The number of benzene rings is 1. The Morgan fingerprint density at radius 3 is 2.73 bits per heavy atom. The van der Waals surface area contributed by atoms with Crippen molar-refractivity contribution >= 4 is 46.5 Å². The third kappa shape index (κ3) is 3.92. The molecule has 1 aromatic carbocycles. The smallest absolute Gasteiger partial charge is 0.257 e. The second-order valence-electron chi connectivity index (χ2n) is 6.23. The van der Waals surface area contributed by atoms with Gasteiger partial charge in [0.25, 0.3) is 5.91 Å². The zero-order valence-electron chi connectivity index (χ0n) is 14.6. The molecule has 7 heteroatoms. The van der Waals surface area contributed by atoms with Gasteiger partial charge < -0.3 is 10.2 Å². The van der Waals surface area contributed by atoms with Gasteiger partial charge in [-0.1, -0.05) is 36.7 Å². The van der Waals surface area contributed by atoms with Gasteiger partial charge in [0.05, 0.1) is 10.6 Å². The Labute approximate surface area is 166 Å². The van der Waals surface area contributed by atoms with Crippen molar-refractivity contribution in [1.82, 2.24) is 10.2 Å². The van der Waals surface area contributed by atoms with Crippen LogP contribution in [0.25, 0.3) is 0 Å². The molecule has 3 rings (SSSR count). The summed E-state index contributed by atoms with van der Waals surface area (Å²) in [5.41, 5.74) is 0.430. The largest absolute Gasteiger partial charge is 0.352 e. The first-order valence-electron chi connectivity index (χ1n) is 8.55. The predicted octanol–water partition coefficient (Wildman–Crippen LogP) is 4.57. The van der Waals surface area contributed by atoms with E-state index < -0.39 is 6.04 Å². The fourth-order valence-electron chi connectivity index (χ4n) is 2.82. The summed E-state index contributed by atoms with van der Waals surface area (Å²) in [4.78, 5) is 28.9. The number of carbonyl (C=O) groups excluding carboxylic acids is 2. The number of halogens is 1. The average molecular weight is 409 g/mol. The number of carbonyl (C=O) groups is 2. The highest BCUT2D eigenvalue weighted by atomic mass is 35.5. The first kappa shape index (κ1) is 19.3. The van der Waals surface area contributed by atoms with Crippen LogP contribution in [0.1, 0.15) is 40.9 Å². The first-order chi connectivity index (χ1) is 12.5. The van der Waals surface area contributed by atoms with Crippen LogP contribution < -0.4 is 5.32 Å². The molecule has 2 aromatic rings. The van der Waals surface area contributed by atoms with Gasteiger partial charge in [-0.2, -0.15) is 0 Å². The van der Waals surface area contributed by atoms with E-state index >= 15 is 0 Å². The highest BCUT2D eigenvalue weighted by Crippen LogP contribution is 2.44. The maximum absolute atomic E-state index is 13.3. The molecule has 0 saturated carbocycles. The Bertz CT molecular complexity index is 782. The highest BCUT2D eigenvalue weighted by molar-refractivity contribution is 7.99. The first-order valence-corrected chi connectivity index (χ1v) is 10.9. The van der Waals surface area contributed by atoms with Crippen LogP contribution in [0.5, 0.6) is 0 Å². The Kier molecular flexibility index (Phi) is 6.27. The molecule has 1 aliphatic heterocycles. The molecule has 2 heterocycles. The lowest BCUT2D eigenvalue weighted by molar-refractivity contribution is -0.125. The van der Waals surface area contributed by atoms with Crippen LogP contribution in [-0.4, -0.2) is 34.6 Å². The average Bonchev–Trinajstić information content (AvgIpc) is 3.30. The minimum absolute atomic E-state index is 0.0746. The molecule has 1 aliphatic rings. The van der Waals surface area contributed by atoms with Crippen LogP contribution in [0, 0.1) is 0 Å². The zero-order valence-corrected chi connectivity index (χ0v) is 17.0. The number of hydrogen-bond donors (Lipinski definition) is 1. The van der Waals surface area contributed by atoms with E-state index in [1.54, 1.807) is 52.3 Å². The minimum atomic E-state index is -0.509. The van der Waals surface area contributed by atoms with Crippen molar-refractivity contribution in [2.75, 3.05) is 5.75 Å². The van der Waals surface area contributed by atoms with Gasteiger partial charge in [-0.05, 0) is 36.9 Å². The normalized spacial score (nSPS) is 20.8. The molecular weight excluding hydrogens is 388 g/mol. The maximum Gasteiger partial charge on any atom is 0.257 e. The Morgan fingerprint density at radius 1 is 1.31 bits per heavy atom. The second kappa shape index (κ2) is 8.46. The number of amides is 2. The molecule has 138 valence electrons. The van der Waals surface area contributed by atoms with Gasteiger partial charge in [-0.25, -0.2) is 0 Å². The number of nitrogens with zero attached hydrogens (tertiary/aromatic N) is 1. The molecule has 1 fully saturated rings. The van der Waals surface area contributed by atoms with Crippen molar-refractivity contribution in [3.05, 3.63) is 57.2 Å². The molecule has 0 bridgehead atoms. The molecule has 1 saturated heterocycles. The van der Waals surface area contributed by atoms with Crippen LogP contribution in [0.3, 0.4) is 0 Å². The SMILES string of the molecule is CCC(C)NC(=O)C1CSC(c2cccs2)N1C(=O)c1ccccc1Cl. The molecule has 0 spiro atoms. The Morgan fingerprint density at radius 2 is 2.08 bits per heavy atom. The standard InChI is InChI=1S/C19H21ClN2O2S2/c1-3-12(2)21-17(23)15-11-26-19(16-9-6-10-25-16)22(15)18(24)13-7-4-5-8-14(13)20/h4-10,12,15,19H,3,11H2,1-2H3,(H,21,23). The fraction of sp³-hybridized carbons (Fsp3) is 0.368. The molecule has 4 nitrogen and oxygen atoms in total. The molecular formula is C19H21ClN2O2S2. The molecule has 1 aromatic heterocycles. The lowest BCUT2D eigenvalue weighted by atomic mass is 10.1. The maximum atomic E-state index is 13.3. The summed E-state index contributed by atoms with van der Waals surface area (Å²) in [6, 6.07) is 10.5. The summed E-state index contributed by atoms with van der Waals surface area (Å²) in [6.07, 6.45) is 0.846. The summed E-state index contributed by atoms with van der Waals surface area (Å²) in [6.45, 7) is 3.99. The quantitative estimate of drug-likeness (QED) is 0.788. The predicted molar refractivity (Wildman–Crippen MR) is 109 cm³/mol. The topological polar surface area (TPSA) is 49.4 Å². The van der Waals surface area contributed by atoms with Crippen LogP contribution in [0.4, 0.5) is 0 Å². The zero-order chi connectivity index (χ0) is 18.7. The van der Waals surface area contributed by atoms with Gasteiger partial charge in [0.15, 0.2) is 0 Å². The second-order valence-corrected chi connectivity index (χ2v) is 8.73. The van der Waals surface area contributed by atoms with Gasteiger partial charge in [0.1, 0.15) is 11.4 Å². The lowest BCUT2D eigenvalue weighted by Crippen LogP contribution is -2.49. The summed E-state index contributed by atoms with van der Waals surface area (Å²) < 4.78 is 0. The van der Waals surface area contributed by atoms with Crippen molar-refractivity contribution < 1.29 is 9.59 Å². The number of rotatable bonds is 5. The minimum Gasteiger partial charge on any atom is -0.352 e. The molecule has 0 aliphatic carbocycles. The van der Waals surface area contributed by atoms with Crippen LogP contribution >= 0.6 is 34.7 Å². The molecule has 3 unspecified atom stereocenters. The van der Waals surface area contributed by atoms with Crippen molar-refractivity contribution in [3.8, 4) is 0 Å². The van der Waals surface area contributed by atoms with Crippen molar-refractivity contribution in [1.29, 1.82) is 0 Å². The molecule has 1 N–H and O–H groups in total. The fourth-order valence-corrected chi connectivity index (χ4v) is 5.43. The summed E-state index contributed by atoms with van der Waals surface area (Å²) >= 11 is 9.47. The Balaban J connectivity index is 1.93. The molecule has 26 heavy (non-hydrogen) atoms. The van der Waals surface area contributed by atoms with Gasteiger partial charge in [-0.15, -0.1) is 23.1 Å². The monoisotopic (exact) mass is 408 g/mol. The van der Waals surface area contributed by atoms with E-state index in [1.165, 1.54) is 0 Å². The summed E-state index contributed by atoms with van der Waals surface area (Å²) in [7, 11) is 0.